The summed E-state index contributed by atoms with van der Waals surface area (Å²) < 4.78 is 0. The summed E-state index contributed by atoms with van der Waals surface area (Å²) in [6.45, 7) is 6.79. The maximum Gasteiger partial charge on any atom is 0.128 e. The van der Waals surface area contributed by atoms with Gasteiger partial charge in [-0.25, -0.2) is 4.98 Å². The van der Waals surface area contributed by atoms with Crippen molar-refractivity contribution < 1.29 is 5.11 Å². The van der Waals surface area contributed by atoms with Crippen LogP contribution in [0.3, 0.4) is 0 Å². The second-order valence-corrected chi connectivity index (χ2v) is 4.54. The molecule has 2 atom stereocenters. The number of nitrogens with zero attached hydrogens (tertiary/aromatic N) is 2. The van der Waals surface area contributed by atoms with E-state index in [-0.39, 0.29) is 6.61 Å². The van der Waals surface area contributed by atoms with Crippen LogP contribution in [0.4, 0.5) is 5.82 Å². The van der Waals surface area contributed by atoms with Crippen LogP contribution in [0.15, 0.2) is 18.3 Å². The number of aliphatic hydroxyl groups excluding tert-OH is 1. The van der Waals surface area contributed by atoms with E-state index in [0.717, 1.165) is 36.3 Å². The fourth-order valence-corrected chi connectivity index (χ4v) is 2.05. The molecule has 2 rings (SSSR count). The van der Waals surface area contributed by atoms with Crippen LogP contribution in [-0.2, 0) is 6.61 Å². The Hall–Kier alpha value is -1.09. The first kappa shape index (κ1) is 10.4. The van der Waals surface area contributed by atoms with E-state index >= 15 is 0 Å². The molecular weight excluding hydrogens is 188 g/mol. The van der Waals surface area contributed by atoms with Gasteiger partial charge in [0.1, 0.15) is 5.82 Å². The molecule has 2 unspecified atom stereocenters. The first-order valence-electron chi connectivity index (χ1n) is 5.51. The molecule has 0 spiro atoms. The van der Waals surface area contributed by atoms with Crippen LogP contribution in [-0.4, -0.2) is 23.2 Å². The van der Waals surface area contributed by atoms with Gasteiger partial charge in [0.2, 0.25) is 0 Å². The van der Waals surface area contributed by atoms with E-state index in [1.165, 1.54) is 0 Å². The fraction of sp³-hybridized carbons (Fsp3) is 0.583. The molecule has 1 aliphatic heterocycles. The van der Waals surface area contributed by atoms with Crippen molar-refractivity contribution in [1.82, 2.24) is 4.98 Å². The van der Waals surface area contributed by atoms with Crippen LogP contribution in [0.1, 0.15) is 19.4 Å². The Labute approximate surface area is 90.8 Å². The Kier molecular flexibility index (Phi) is 2.91. The molecule has 15 heavy (non-hydrogen) atoms. The molecule has 0 radical (unpaired) electrons. The summed E-state index contributed by atoms with van der Waals surface area (Å²) in [5.74, 6) is 2.45. The molecule has 1 aromatic rings. The summed E-state index contributed by atoms with van der Waals surface area (Å²) in [5, 5.41) is 9.06. The van der Waals surface area contributed by atoms with Crippen LogP contribution < -0.4 is 4.90 Å². The topological polar surface area (TPSA) is 36.4 Å². The van der Waals surface area contributed by atoms with Gasteiger partial charge in [0.05, 0.1) is 6.61 Å². The number of hydrogen-bond donors (Lipinski definition) is 1. The highest BCUT2D eigenvalue weighted by Gasteiger charge is 2.26. The minimum atomic E-state index is 0.0917. The smallest absolute Gasteiger partial charge is 0.128 e. The van der Waals surface area contributed by atoms with E-state index in [4.69, 9.17) is 5.11 Å². The summed E-state index contributed by atoms with van der Waals surface area (Å²) in [5.41, 5.74) is 0.937. The van der Waals surface area contributed by atoms with Gasteiger partial charge in [0.15, 0.2) is 0 Å². The number of pyridine rings is 1. The maximum absolute atomic E-state index is 9.06. The van der Waals surface area contributed by atoms with Crippen molar-refractivity contribution in [3.63, 3.8) is 0 Å². The number of aliphatic hydroxyl groups is 1. The first-order valence-corrected chi connectivity index (χ1v) is 5.51. The molecule has 2 heterocycles. The fourth-order valence-electron chi connectivity index (χ4n) is 2.05. The molecule has 1 saturated heterocycles. The molecule has 0 aromatic carbocycles. The molecule has 0 saturated carbocycles. The van der Waals surface area contributed by atoms with Gasteiger partial charge in [0.25, 0.3) is 0 Å². The lowest BCUT2D eigenvalue weighted by Crippen LogP contribution is -2.20. The summed E-state index contributed by atoms with van der Waals surface area (Å²) in [4.78, 5) is 6.65. The molecular formula is C12H18N2O. The summed E-state index contributed by atoms with van der Waals surface area (Å²) in [7, 11) is 0. The molecule has 82 valence electrons. The lowest BCUT2D eigenvalue weighted by atomic mass is 10.0. The van der Waals surface area contributed by atoms with Crippen molar-refractivity contribution in [3.8, 4) is 0 Å². The van der Waals surface area contributed by atoms with Crippen molar-refractivity contribution in [1.29, 1.82) is 0 Å². The van der Waals surface area contributed by atoms with E-state index in [2.05, 4.69) is 23.7 Å². The molecule has 0 aliphatic carbocycles. The van der Waals surface area contributed by atoms with Gasteiger partial charge in [0, 0.05) is 19.3 Å². The Morgan fingerprint density at radius 1 is 1.40 bits per heavy atom. The zero-order valence-corrected chi connectivity index (χ0v) is 9.35. The lowest BCUT2D eigenvalue weighted by molar-refractivity contribution is 0.281. The third kappa shape index (κ3) is 2.12. The van der Waals surface area contributed by atoms with Crippen molar-refractivity contribution in [2.45, 2.75) is 20.5 Å². The first-order chi connectivity index (χ1) is 7.20. The highest BCUT2D eigenvalue weighted by atomic mass is 16.3. The van der Waals surface area contributed by atoms with E-state index in [9.17, 15) is 0 Å². The average Bonchev–Trinajstić information content (AvgIpc) is 2.59. The molecule has 1 aromatic heterocycles. The predicted molar refractivity (Wildman–Crippen MR) is 60.7 cm³/mol. The second-order valence-electron chi connectivity index (χ2n) is 4.54. The van der Waals surface area contributed by atoms with E-state index in [0.29, 0.717) is 0 Å². The zero-order valence-electron chi connectivity index (χ0n) is 9.35. The monoisotopic (exact) mass is 206 g/mol. The molecule has 1 aliphatic rings. The molecule has 0 amide bonds. The second kappa shape index (κ2) is 4.19. The molecule has 3 heteroatoms. The molecule has 0 bridgehead atoms. The van der Waals surface area contributed by atoms with E-state index < -0.39 is 0 Å². The maximum atomic E-state index is 9.06. The number of anilines is 1. The highest BCUT2D eigenvalue weighted by molar-refractivity contribution is 5.42. The number of aromatic nitrogens is 1. The van der Waals surface area contributed by atoms with Crippen molar-refractivity contribution in [3.05, 3.63) is 23.9 Å². The highest BCUT2D eigenvalue weighted by Crippen LogP contribution is 2.26. The SMILES string of the molecule is CC1CN(c2cc(CO)ccn2)CC1C. The Morgan fingerprint density at radius 2 is 2.07 bits per heavy atom. The normalized spacial score (nSPS) is 25.9. The van der Waals surface area contributed by atoms with Gasteiger partial charge in [-0.1, -0.05) is 13.8 Å². The van der Waals surface area contributed by atoms with Gasteiger partial charge in [-0.05, 0) is 29.5 Å². The van der Waals surface area contributed by atoms with Crippen LogP contribution in [0, 0.1) is 11.8 Å². The number of hydrogen-bond acceptors (Lipinski definition) is 3. The van der Waals surface area contributed by atoms with Gasteiger partial charge < -0.3 is 10.0 Å². The summed E-state index contributed by atoms with van der Waals surface area (Å²) in [6, 6.07) is 3.83. The van der Waals surface area contributed by atoms with Crippen LogP contribution in [0.2, 0.25) is 0 Å². The zero-order chi connectivity index (χ0) is 10.8. The van der Waals surface area contributed by atoms with Gasteiger partial charge in [-0.15, -0.1) is 0 Å². The third-order valence-electron chi connectivity index (χ3n) is 3.30. The van der Waals surface area contributed by atoms with Crippen LogP contribution in [0.25, 0.3) is 0 Å². The Morgan fingerprint density at radius 3 is 2.67 bits per heavy atom. The van der Waals surface area contributed by atoms with Gasteiger partial charge in [-0.3, -0.25) is 0 Å². The van der Waals surface area contributed by atoms with Crippen molar-refractivity contribution in [2.75, 3.05) is 18.0 Å². The summed E-state index contributed by atoms with van der Waals surface area (Å²) in [6.07, 6.45) is 1.77. The third-order valence-corrected chi connectivity index (χ3v) is 3.30. The van der Waals surface area contributed by atoms with Crippen molar-refractivity contribution in [2.24, 2.45) is 11.8 Å². The van der Waals surface area contributed by atoms with E-state index in [1.807, 2.05) is 12.1 Å². The van der Waals surface area contributed by atoms with E-state index in [1.54, 1.807) is 6.20 Å². The minimum absolute atomic E-state index is 0.0917. The average molecular weight is 206 g/mol. The molecule has 3 nitrogen and oxygen atoms in total. The Bertz CT molecular complexity index is 330. The molecule has 1 N–H and O–H groups in total. The summed E-state index contributed by atoms with van der Waals surface area (Å²) >= 11 is 0. The minimum Gasteiger partial charge on any atom is -0.392 e. The van der Waals surface area contributed by atoms with Crippen molar-refractivity contribution >= 4 is 5.82 Å². The van der Waals surface area contributed by atoms with Crippen LogP contribution >= 0.6 is 0 Å². The van der Waals surface area contributed by atoms with Gasteiger partial charge >= 0.3 is 0 Å². The largest absolute Gasteiger partial charge is 0.392 e. The van der Waals surface area contributed by atoms with Gasteiger partial charge in [-0.2, -0.15) is 0 Å². The lowest BCUT2D eigenvalue weighted by Gasteiger charge is -2.17. The molecule has 1 fully saturated rings. The van der Waals surface area contributed by atoms with Crippen LogP contribution in [0.5, 0.6) is 0 Å². The quantitative estimate of drug-likeness (QED) is 0.799. The predicted octanol–water partition coefficient (Wildman–Crippen LogP) is 1.67. The Balaban J connectivity index is 2.16. The number of rotatable bonds is 2. The standard InChI is InChI=1S/C12H18N2O/c1-9-6-14(7-10(9)2)12-5-11(8-15)3-4-13-12/h3-5,9-10,15H,6-8H2,1-2H3.